The maximum Gasteiger partial charge on any atom is 0.231 e. The third kappa shape index (κ3) is 4.93. The lowest BCUT2D eigenvalue weighted by atomic mass is 10.0. The number of aromatic hydroxyl groups is 1. The molecule has 0 aliphatic carbocycles. The fourth-order valence-electron chi connectivity index (χ4n) is 2.80. The Labute approximate surface area is 181 Å². The molecule has 30 heavy (non-hydrogen) atoms. The number of phenols is 1. The molecule has 2 aromatic heterocycles. The summed E-state index contributed by atoms with van der Waals surface area (Å²) in [5.41, 5.74) is 8.70. The highest BCUT2D eigenvalue weighted by Crippen LogP contribution is 2.39. The Balaban J connectivity index is 1.43. The molecule has 1 atom stereocenters. The van der Waals surface area contributed by atoms with E-state index in [9.17, 15) is 5.11 Å². The van der Waals surface area contributed by atoms with E-state index in [1.54, 1.807) is 24.3 Å². The Morgan fingerprint density at radius 3 is 2.27 bits per heavy atom. The number of phenolic OH excluding ortho intramolecular Hbond substituents is 1. The first kappa shape index (κ1) is 20.3. The van der Waals surface area contributed by atoms with Gasteiger partial charge in [-0.1, -0.05) is 48.2 Å². The number of rotatable bonds is 7. The summed E-state index contributed by atoms with van der Waals surface area (Å²) in [5.74, 6) is 0.196. The summed E-state index contributed by atoms with van der Waals surface area (Å²) in [6.07, 6.45) is 2.03. The Hall–Kier alpha value is -3.01. The third-order valence-electron chi connectivity index (χ3n) is 4.35. The highest BCUT2D eigenvalue weighted by Gasteiger charge is 2.09. The van der Waals surface area contributed by atoms with Crippen LogP contribution >= 0.6 is 22.7 Å². The van der Waals surface area contributed by atoms with E-state index >= 15 is 0 Å². The fraction of sp³-hybridized carbons (Fsp3) is 0.190. The van der Waals surface area contributed by atoms with Crippen molar-refractivity contribution in [3.05, 3.63) is 60.2 Å². The van der Waals surface area contributed by atoms with Crippen molar-refractivity contribution in [2.45, 2.75) is 25.8 Å². The summed E-state index contributed by atoms with van der Waals surface area (Å²) in [6.45, 7) is 2.13. The molecule has 0 bridgehead atoms. The summed E-state index contributed by atoms with van der Waals surface area (Å²) >= 11 is 2.91. The van der Waals surface area contributed by atoms with Gasteiger partial charge in [-0.05, 0) is 54.4 Å². The Bertz CT molecular complexity index is 1150. The van der Waals surface area contributed by atoms with E-state index in [1.807, 2.05) is 30.3 Å². The van der Waals surface area contributed by atoms with Gasteiger partial charge < -0.3 is 10.8 Å². The van der Waals surface area contributed by atoms with Crippen LogP contribution in [0.2, 0.25) is 0 Å². The predicted octanol–water partition coefficient (Wildman–Crippen LogP) is 7.69. The minimum absolute atomic E-state index is 0.0662. The number of benzene rings is 2. The lowest BCUT2D eigenvalue weighted by Gasteiger charge is -2.10. The van der Waals surface area contributed by atoms with Gasteiger partial charge in [-0.15, -0.1) is 20.5 Å². The van der Waals surface area contributed by atoms with Crippen LogP contribution in [-0.4, -0.2) is 10.1 Å². The molecule has 2 aromatic carbocycles. The largest absolute Gasteiger partial charge is 0.508 e. The average Bonchev–Trinajstić information content (AvgIpc) is 3.31. The maximum atomic E-state index is 9.30. The van der Waals surface area contributed by atoms with Crippen molar-refractivity contribution in [3.8, 4) is 5.75 Å². The van der Waals surface area contributed by atoms with Crippen LogP contribution in [0.4, 0.5) is 21.5 Å². The Morgan fingerprint density at radius 1 is 0.933 bits per heavy atom. The van der Waals surface area contributed by atoms with Crippen molar-refractivity contribution in [1.82, 2.24) is 4.98 Å². The van der Waals surface area contributed by atoms with Gasteiger partial charge in [-0.25, -0.2) is 4.98 Å². The van der Waals surface area contributed by atoms with E-state index in [0.29, 0.717) is 10.8 Å². The van der Waals surface area contributed by atoms with Crippen molar-refractivity contribution in [1.29, 1.82) is 0 Å². The van der Waals surface area contributed by atoms with Crippen LogP contribution in [0.25, 0.3) is 9.53 Å². The zero-order valence-electron chi connectivity index (χ0n) is 16.3. The van der Waals surface area contributed by atoms with Gasteiger partial charge >= 0.3 is 0 Å². The summed E-state index contributed by atoms with van der Waals surface area (Å²) in [4.78, 5) is 5.34. The molecule has 0 aliphatic heterocycles. The molecular formula is C21H20N6OS2. The molecule has 4 aromatic rings. The zero-order chi connectivity index (χ0) is 20.9. The van der Waals surface area contributed by atoms with E-state index in [1.165, 1.54) is 22.7 Å². The van der Waals surface area contributed by atoms with Crippen LogP contribution in [0.15, 0.2) is 75.1 Å². The van der Waals surface area contributed by atoms with Crippen molar-refractivity contribution < 1.29 is 5.11 Å². The van der Waals surface area contributed by atoms with Gasteiger partial charge in [0, 0.05) is 6.04 Å². The number of thiazole rings is 1. The molecule has 4 rings (SSSR count). The number of azo groups is 2. The van der Waals surface area contributed by atoms with Crippen molar-refractivity contribution in [3.63, 3.8) is 0 Å². The molecule has 1 unspecified atom stereocenters. The first-order valence-electron chi connectivity index (χ1n) is 9.49. The van der Waals surface area contributed by atoms with Crippen LogP contribution in [0, 0.1) is 0 Å². The minimum atomic E-state index is 0.0662. The van der Waals surface area contributed by atoms with Crippen LogP contribution < -0.4 is 5.73 Å². The SMILES string of the molecule is CCCC(N)c1ccc(N=Nc2cc3sc(N=Nc4ccc(O)cc4)nc3s2)cc1. The third-order valence-corrected chi connectivity index (χ3v) is 6.28. The number of nitrogens with two attached hydrogens (primary N) is 1. The molecule has 152 valence electrons. The van der Waals surface area contributed by atoms with Crippen LogP contribution in [0.3, 0.4) is 0 Å². The summed E-state index contributed by atoms with van der Waals surface area (Å²) in [5, 5.41) is 27.6. The molecule has 3 N–H and O–H groups in total. The first-order chi connectivity index (χ1) is 14.6. The van der Waals surface area contributed by atoms with Gasteiger partial charge in [0.2, 0.25) is 5.13 Å². The quantitative estimate of drug-likeness (QED) is 0.290. The van der Waals surface area contributed by atoms with E-state index in [2.05, 4.69) is 32.4 Å². The predicted molar refractivity (Wildman–Crippen MR) is 122 cm³/mol. The lowest BCUT2D eigenvalue weighted by Crippen LogP contribution is -2.09. The summed E-state index contributed by atoms with van der Waals surface area (Å²) < 4.78 is 0.995. The second kappa shape index (κ2) is 9.21. The molecule has 0 radical (unpaired) electrons. The molecule has 0 aliphatic rings. The number of aromatic nitrogens is 1. The smallest absolute Gasteiger partial charge is 0.231 e. The van der Waals surface area contributed by atoms with Gasteiger partial charge in [-0.3, -0.25) is 0 Å². The van der Waals surface area contributed by atoms with Crippen LogP contribution in [-0.2, 0) is 0 Å². The highest BCUT2D eigenvalue weighted by molar-refractivity contribution is 7.30. The highest BCUT2D eigenvalue weighted by atomic mass is 32.1. The standard InChI is InChI=1S/C21H20N6OS2/c1-2-3-17(22)13-4-6-14(7-5-13)24-26-19-12-18-20(30-19)23-21(29-18)27-25-15-8-10-16(28)11-9-15/h4-12,17,28H,2-3,22H2,1H3. The molecular weight excluding hydrogens is 416 g/mol. The molecule has 0 fully saturated rings. The molecule has 0 saturated heterocycles. The zero-order valence-corrected chi connectivity index (χ0v) is 17.9. The van der Waals surface area contributed by atoms with E-state index in [0.717, 1.165) is 38.6 Å². The van der Waals surface area contributed by atoms with E-state index < -0.39 is 0 Å². The van der Waals surface area contributed by atoms with Crippen LogP contribution in [0.1, 0.15) is 31.4 Å². The number of nitrogens with zero attached hydrogens (tertiary/aromatic N) is 5. The van der Waals surface area contributed by atoms with Crippen molar-refractivity contribution in [2.24, 2.45) is 26.2 Å². The average molecular weight is 437 g/mol. The number of hydrogen-bond acceptors (Lipinski definition) is 9. The van der Waals surface area contributed by atoms with E-state index in [-0.39, 0.29) is 11.8 Å². The van der Waals surface area contributed by atoms with Gasteiger partial charge in [0.15, 0.2) is 0 Å². The monoisotopic (exact) mass is 436 g/mol. The molecule has 7 nitrogen and oxygen atoms in total. The second-order valence-corrected chi connectivity index (χ2v) is 8.67. The molecule has 0 saturated carbocycles. The maximum absolute atomic E-state index is 9.30. The summed E-state index contributed by atoms with van der Waals surface area (Å²) in [6, 6.07) is 16.4. The van der Waals surface area contributed by atoms with Gasteiger partial charge in [0.05, 0.1) is 16.1 Å². The van der Waals surface area contributed by atoms with Gasteiger partial charge in [0.1, 0.15) is 15.6 Å². The topological polar surface area (TPSA) is 109 Å². The van der Waals surface area contributed by atoms with Crippen molar-refractivity contribution >= 4 is 53.7 Å². The molecule has 0 spiro atoms. The Morgan fingerprint density at radius 2 is 1.60 bits per heavy atom. The van der Waals surface area contributed by atoms with Crippen molar-refractivity contribution in [2.75, 3.05) is 0 Å². The van der Waals surface area contributed by atoms with Crippen LogP contribution in [0.5, 0.6) is 5.75 Å². The van der Waals surface area contributed by atoms with Gasteiger partial charge in [0.25, 0.3) is 0 Å². The number of hydrogen-bond donors (Lipinski definition) is 2. The second-order valence-electron chi connectivity index (χ2n) is 6.65. The fourth-order valence-corrected chi connectivity index (χ4v) is 4.65. The Kier molecular flexibility index (Phi) is 6.22. The normalized spacial score (nSPS) is 13.0. The molecule has 2 heterocycles. The number of fused-ring (bicyclic) bond motifs is 1. The first-order valence-corrected chi connectivity index (χ1v) is 11.1. The van der Waals surface area contributed by atoms with E-state index in [4.69, 9.17) is 5.73 Å². The number of thiophene rings is 1. The lowest BCUT2D eigenvalue weighted by molar-refractivity contribution is 0.475. The minimum Gasteiger partial charge on any atom is -0.508 e. The summed E-state index contributed by atoms with van der Waals surface area (Å²) in [7, 11) is 0. The van der Waals surface area contributed by atoms with Gasteiger partial charge in [-0.2, -0.15) is 0 Å². The molecule has 9 heteroatoms. The molecule has 0 amide bonds.